The largest absolute Gasteiger partial charge is 0.451 e. The predicted octanol–water partition coefficient (Wildman–Crippen LogP) is 3.34. The Morgan fingerprint density at radius 3 is 2.62 bits per heavy atom. The Morgan fingerprint density at radius 1 is 1.38 bits per heavy atom. The van der Waals surface area contributed by atoms with E-state index in [2.05, 4.69) is 22.0 Å². The van der Waals surface area contributed by atoms with Crippen LogP contribution >= 0.6 is 11.6 Å². The van der Waals surface area contributed by atoms with Gasteiger partial charge in [-0.15, -0.1) is 0 Å². The molecule has 1 aliphatic rings. The SMILES string of the molecule is C=N/C(=N\C=C(/C)C(CNC(=O)c1ccccc1Cl)N1CCOCC1)C(F)(F)F. The van der Waals surface area contributed by atoms with Gasteiger partial charge in [-0.05, 0) is 31.3 Å². The van der Waals surface area contributed by atoms with Crippen molar-refractivity contribution in [1.82, 2.24) is 10.2 Å². The molecule has 1 atom stereocenters. The van der Waals surface area contributed by atoms with Crippen molar-refractivity contribution in [3.05, 3.63) is 46.6 Å². The molecule has 1 amide bonds. The number of hydrogen-bond donors (Lipinski definition) is 1. The number of amidine groups is 1. The molecule has 6 nitrogen and oxygen atoms in total. The van der Waals surface area contributed by atoms with Crippen LogP contribution in [0, 0.1) is 0 Å². The molecule has 1 fully saturated rings. The van der Waals surface area contributed by atoms with E-state index in [0.29, 0.717) is 42.5 Å². The second-order valence-corrected chi connectivity index (χ2v) is 6.74. The fourth-order valence-corrected chi connectivity index (χ4v) is 3.07. The summed E-state index contributed by atoms with van der Waals surface area (Å²) in [5, 5.41) is 3.11. The predicted molar refractivity (Wildman–Crippen MR) is 107 cm³/mol. The number of carbonyl (C=O) groups excluding carboxylic acids is 1. The first-order chi connectivity index (χ1) is 13.7. The van der Waals surface area contributed by atoms with E-state index in [9.17, 15) is 18.0 Å². The van der Waals surface area contributed by atoms with Crippen LogP contribution in [0.5, 0.6) is 0 Å². The van der Waals surface area contributed by atoms with Gasteiger partial charge in [0.15, 0.2) is 0 Å². The van der Waals surface area contributed by atoms with Gasteiger partial charge in [0.05, 0.1) is 23.8 Å². The van der Waals surface area contributed by atoms with Crippen molar-refractivity contribution in [3.63, 3.8) is 0 Å². The number of ether oxygens (including phenoxy) is 1. The van der Waals surface area contributed by atoms with Gasteiger partial charge >= 0.3 is 6.18 Å². The van der Waals surface area contributed by atoms with Gasteiger partial charge in [0.1, 0.15) is 0 Å². The lowest BCUT2D eigenvalue weighted by atomic mass is 10.1. The van der Waals surface area contributed by atoms with Gasteiger partial charge in [0, 0.05) is 31.9 Å². The second kappa shape index (κ2) is 10.5. The van der Waals surface area contributed by atoms with E-state index in [4.69, 9.17) is 16.3 Å². The molecule has 1 aromatic carbocycles. The minimum Gasteiger partial charge on any atom is -0.379 e. The van der Waals surface area contributed by atoms with E-state index in [1.807, 2.05) is 4.90 Å². The summed E-state index contributed by atoms with van der Waals surface area (Å²) in [6.45, 7) is 6.88. The van der Waals surface area contributed by atoms with Gasteiger partial charge in [-0.3, -0.25) is 9.69 Å². The van der Waals surface area contributed by atoms with E-state index in [0.717, 1.165) is 6.20 Å². The molecule has 158 valence electrons. The van der Waals surface area contributed by atoms with Gasteiger partial charge in [-0.1, -0.05) is 23.7 Å². The van der Waals surface area contributed by atoms with Crippen molar-refractivity contribution < 1.29 is 22.7 Å². The highest BCUT2D eigenvalue weighted by Gasteiger charge is 2.35. The average molecular weight is 431 g/mol. The Balaban J connectivity index is 2.19. The number of rotatable bonds is 6. The summed E-state index contributed by atoms with van der Waals surface area (Å²) in [5.41, 5.74) is 0.863. The van der Waals surface area contributed by atoms with Crippen molar-refractivity contribution in [3.8, 4) is 0 Å². The maximum absolute atomic E-state index is 12.8. The van der Waals surface area contributed by atoms with Gasteiger partial charge in [-0.25, -0.2) is 9.98 Å². The number of halogens is 4. The minimum atomic E-state index is -4.69. The van der Waals surface area contributed by atoms with Gasteiger partial charge in [0.25, 0.3) is 5.91 Å². The van der Waals surface area contributed by atoms with Crippen LogP contribution < -0.4 is 5.32 Å². The Labute approximate surface area is 172 Å². The molecule has 0 aliphatic carbocycles. The topological polar surface area (TPSA) is 66.3 Å². The Morgan fingerprint density at radius 2 is 2.03 bits per heavy atom. The molecule has 2 rings (SSSR count). The monoisotopic (exact) mass is 430 g/mol. The molecule has 0 spiro atoms. The van der Waals surface area contributed by atoms with Crippen LogP contribution in [0.1, 0.15) is 17.3 Å². The average Bonchev–Trinajstić information content (AvgIpc) is 2.68. The smallest absolute Gasteiger partial charge is 0.379 e. The summed E-state index contributed by atoms with van der Waals surface area (Å²) < 4.78 is 43.8. The Hall–Kier alpha value is -2.23. The summed E-state index contributed by atoms with van der Waals surface area (Å²) in [4.78, 5) is 20.9. The first-order valence-corrected chi connectivity index (χ1v) is 9.24. The van der Waals surface area contributed by atoms with E-state index in [1.54, 1.807) is 31.2 Å². The third-order valence-corrected chi connectivity index (χ3v) is 4.71. The molecular formula is C19H22ClF3N4O2. The van der Waals surface area contributed by atoms with Crippen LogP contribution in [0.4, 0.5) is 13.2 Å². The standard InChI is InChI=1S/C19H22ClF3N4O2/c1-13(11-26-18(24-2)19(21,22)23)16(27-7-9-29-10-8-27)12-25-17(28)14-5-3-4-6-15(14)20/h3-6,11,16H,2,7-10,12H2,1H3,(H,25,28)/b13-11+,26-18-. The van der Waals surface area contributed by atoms with Crippen molar-refractivity contribution in [2.45, 2.75) is 19.1 Å². The molecule has 0 radical (unpaired) electrons. The number of amides is 1. The Kier molecular flexibility index (Phi) is 8.36. The molecule has 0 bridgehead atoms. The van der Waals surface area contributed by atoms with Gasteiger partial charge in [-0.2, -0.15) is 13.2 Å². The summed E-state index contributed by atoms with van der Waals surface area (Å²) in [6, 6.07) is 6.25. The summed E-state index contributed by atoms with van der Waals surface area (Å²) in [6.07, 6.45) is -3.58. The molecular weight excluding hydrogens is 409 g/mol. The molecule has 1 heterocycles. The van der Waals surface area contributed by atoms with Gasteiger partial charge in [0.2, 0.25) is 5.84 Å². The number of nitrogens with one attached hydrogen (secondary N) is 1. The fourth-order valence-electron chi connectivity index (χ4n) is 2.85. The number of benzene rings is 1. The number of carbonyl (C=O) groups is 1. The molecule has 1 unspecified atom stereocenters. The lowest BCUT2D eigenvalue weighted by Gasteiger charge is -2.35. The van der Waals surface area contributed by atoms with Gasteiger partial charge < -0.3 is 10.1 Å². The van der Waals surface area contributed by atoms with E-state index >= 15 is 0 Å². The lowest BCUT2D eigenvalue weighted by Crippen LogP contribution is -2.49. The zero-order valence-corrected chi connectivity index (χ0v) is 16.6. The highest BCUT2D eigenvalue weighted by molar-refractivity contribution is 6.33. The Bertz CT molecular complexity index is 790. The first kappa shape index (κ1) is 23.1. The van der Waals surface area contributed by atoms with Crippen LogP contribution in [0.25, 0.3) is 0 Å². The summed E-state index contributed by atoms with van der Waals surface area (Å²) >= 11 is 6.05. The number of hydrogen-bond acceptors (Lipinski definition) is 4. The molecule has 10 heteroatoms. The first-order valence-electron chi connectivity index (χ1n) is 8.87. The molecule has 1 saturated heterocycles. The van der Waals surface area contributed by atoms with Crippen molar-refractivity contribution in [1.29, 1.82) is 0 Å². The quantitative estimate of drug-likeness (QED) is 0.556. The highest BCUT2D eigenvalue weighted by Crippen LogP contribution is 2.20. The van der Waals surface area contributed by atoms with Crippen LogP contribution in [-0.2, 0) is 4.74 Å². The number of nitrogens with zero attached hydrogens (tertiary/aromatic N) is 3. The fraction of sp³-hybridized carbons (Fsp3) is 0.421. The number of morpholine rings is 1. The minimum absolute atomic E-state index is 0.171. The molecule has 1 aliphatic heterocycles. The van der Waals surface area contributed by atoms with Crippen molar-refractivity contribution >= 4 is 30.1 Å². The van der Waals surface area contributed by atoms with Crippen molar-refractivity contribution in [2.24, 2.45) is 9.98 Å². The third-order valence-electron chi connectivity index (χ3n) is 4.38. The molecule has 0 saturated carbocycles. The van der Waals surface area contributed by atoms with Crippen LogP contribution in [0.3, 0.4) is 0 Å². The highest BCUT2D eigenvalue weighted by atomic mass is 35.5. The maximum atomic E-state index is 12.8. The zero-order valence-electron chi connectivity index (χ0n) is 15.9. The summed E-state index contributed by atoms with van der Waals surface area (Å²) in [7, 11) is 0. The third kappa shape index (κ3) is 6.66. The molecule has 1 N–H and O–H groups in total. The zero-order chi connectivity index (χ0) is 21.4. The van der Waals surface area contributed by atoms with Crippen LogP contribution in [0.15, 0.2) is 46.0 Å². The molecule has 1 aromatic rings. The van der Waals surface area contributed by atoms with Crippen molar-refractivity contribution in [2.75, 3.05) is 32.8 Å². The van der Waals surface area contributed by atoms with Crippen LogP contribution in [0.2, 0.25) is 5.02 Å². The molecule has 0 aromatic heterocycles. The molecule has 29 heavy (non-hydrogen) atoms. The van der Waals surface area contributed by atoms with Crippen LogP contribution in [-0.4, -0.2) is 68.4 Å². The van der Waals surface area contributed by atoms with E-state index in [1.165, 1.54) is 0 Å². The lowest BCUT2D eigenvalue weighted by molar-refractivity contribution is -0.0596. The maximum Gasteiger partial charge on any atom is 0.451 e. The summed E-state index contributed by atoms with van der Waals surface area (Å²) in [5.74, 6) is -1.69. The second-order valence-electron chi connectivity index (χ2n) is 6.34. The van der Waals surface area contributed by atoms with E-state index in [-0.39, 0.29) is 18.5 Å². The number of alkyl halides is 3. The normalized spacial score (nSPS) is 17.7. The number of aliphatic imine (C=N–C) groups is 2. The van der Waals surface area contributed by atoms with E-state index < -0.39 is 12.0 Å².